The van der Waals surface area contributed by atoms with Crippen molar-refractivity contribution in [3.8, 4) is 0 Å². The summed E-state index contributed by atoms with van der Waals surface area (Å²) in [7, 11) is 0. The lowest BCUT2D eigenvalue weighted by Gasteiger charge is -2.03. The Bertz CT molecular complexity index is 298. The predicted octanol–water partition coefficient (Wildman–Crippen LogP) is 0.185. The predicted molar refractivity (Wildman–Crippen MR) is 49.8 cm³/mol. The number of esters is 1. The highest BCUT2D eigenvalue weighted by Crippen LogP contribution is 2.06. The molecule has 0 fully saturated rings. The topological polar surface area (TPSA) is 90.2 Å². The van der Waals surface area contributed by atoms with Gasteiger partial charge in [-0.3, -0.25) is 5.10 Å². The van der Waals surface area contributed by atoms with Gasteiger partial charge in [-0.25, -0.2) is 4.79 Å². The first-order valence-corrected chi connectivity index (χ1v) is 4.29. The molecule has 0 spiro atoms. The van der Waals surface area contributed by atoms with Crippen LogP contribution in [0.15, 0.2) is 6.20 Å². The van der Waals surface area contributed by atoms with Gasteiger partial charge in [0.05, 0.1) is 18.5 Å². The molecule has 0 saturated heterocycles. The third-order valence-corrected chi connectivity index (χ3v) is 1.54. The number of aromatic amines is 1. The Morgan fingerprint density at radius 3 is 3.00 bits per heavy atom. The van der Waals surface area contributed by atoms with E-state index in [9.17, 15) is 4.79 Å². The molecule has 3 N–H and O–H groups in total. The zero-order chi connectivity index (χ0) is 10.4. The summed E-state index contributed by atoms with van der Waals surface area (Å²) < 4.78 is 9.85. The molecule has 1 rings (SSSR count). The van der Waals surface area contributed by atoms with Gasteiger partial charge in [-0.15, -0.1) is 0 Å². The fourth-order valence-corrected chi connectivity index (χ4v) is 0.869. The first-order valence-electron chi connectivity index (χ1n) is 4.29. The number of hydrogen-bond donors (Lipinski definition) is 2. The van der Waals surface area contributed by atoms with E-state index in [1.165, 1.54) is 6.20 Å². The highest BCUT2D eigenvalue weighted by Gasteiger charge is 2.12. The number of rotatable bonds is 5. The van der Waals surface area contributed by atoms with Gasteiger partial charge in [0.15, 0.2) is 5.69 Å². The number of H-pyrrole nitrogens is 1. The molecule has 0 aliphatic heterocycles. The molecule has 0 bridgehead atoms. The minimum absolute atomic E-state index is 0.182. The van der Waals surface area contributed by atoms with Crippen molar-refractivity contribution in [1.29, 1.82) is 0 Å². The Balaban J connectivity index is 2.32. The number of hydrogen-bond acceptors (Lipinski definition) is 5. The molecule has 1 aromatic rings. The van der Waals surface area contributed by atoms with Gasteiger partial charge in [-0.1, -0.05) is 0 Å². The minimum atomic E-state index is -0.514. The Kier molecular flexibility index (Phi) is 3.93. The van der Waals surface area contributed by atoms with Crippen LogP contribution in [-0.2, 0) is 9.47 Å². The molecule has 14 heavy (non-hydrogen) atoms. The summed E-state index contributed by atoms with van der Waals surface area (Å²) in [5.74, 6) is -0.514. The summed E-state index contributed by atoms with van der Waals surface area (Å²) in [6.45, 7) is 3.07. The number of ether oxygens (including phenoxy) is 2. The van der Waals surface area contributed by atoms with Crippen LogP contribution in [0, 0.1) is 0 Å². The normalized spacial score (nSPS) is 10.1. The van der Waals surface area contributed by atoms with E-state index in [0.29, 0.717) is 13.2 Å². The lowest BCUT2D eigenvalue weighted by Crippen LogP contribution is -2.12. The van der Waals surface area contributed by atoms with Gasteiger partial charge >= 0.3 is 5.97 Å². The number of nitrogens with two attached hydrogens (primary N) is 1. The van der Waals surface area contributed by atoms with Crippen LogP contribution in [-0.4, -0.2) is 36.0 Å². The summed E-state index contributed by atoms with van der Waals surface area (Å²) in [5, 5.41) is 6.06. The number of aromatic nitrogens is 2. The van der Waals surface area contributed by atoms with Crippen molar-refractivity contribution in [2.24, 2.45) is 0 Å². The molecule has 1 aromatic heterocycles. The number of carbonyl (C=O) groups is 1. The average Bonchev–Trinajstić information content (AvgIpc) is 2.59. The average molecular weight is 199 g/mol. The molecule has 78 valence electrons. The molecule has 0 atom stereocenters. The quantitative estimate of drug-likeness (QED) is 0.521. The molecule has 0 unspecified atom stereocenters. The van der Waals surface area contributed by atoms with E-state index in [0.717, 1.165) is 0 Å². The van der Waals surface area contributed by atoms with Gasteiger partial charge in [0, 0.05) is 6.61 Å². The van der Waals surface area contributed by atoms with Crippen molar-refractivity contribution in [1.82, 2.24) is 10.2 Å². The number of nitrogens with zero attached hydrogens (tertiary/aromatic N) is 1. The van der Waals surface area contributed by atoms with Crippen molar-refractivity contribution in [3.63, 3.8) is 0 Å². The van der Waals surface area contributed by atoms with E-state index in [4.69, 9.17) is 15.2 Å². The van der Waals surface area contributed by atoms with Crippen LogP contribution in [0.3, 0.4) is 0 Å². The minimum Gasteiger partial charge on any atom is -0.458 e. The van der Waals surface area contributed by atoms with Gasteiger partial charge in [0.1, 0.15) is 6.61 Å². The zero-order valence-corrected chi connectivity index (χ0v) is 7.95. The maximum absolute atomic E-state index is 11.3. The lowest BCUT2D eigenvalue weighted by atomic mass is 10.4. The number of nitrogens with one attached hydrogen (secondary N) is 1. The molecule has 0 aliphatic rings. The largest absolute Gasteiger partial charge is 0.458 e. The molecule has 0 amide bonds. The molecule has 0 aliphatic carbocycles. The van der Waals surface area contributed by atoms with Crippen molar-refractivity contribution in [2.75, 3.05) is 25.6 Å². The van der Waals surface area contributed by atoms with E-state index in [1.54, 1.807) is 0 Å². The second kappa shape index (κ2) is 5.23. The summed E-state index contributed by atoms with van der Waals surface area (Å²) in [5.41, 5.74) is 5.91. The molecule has 0 radical (unpaired) electrons. The van der Waals surface area contributed by atoms with Crippen LogP contribution >= 0.6 is 0 Å². The number of carbonyl (C=O) groups excluding carboxylic acids is 1. The molecule has 6 heteroatoms. The van der Waals surface area contributed by atoms with Gasteiger partial charge in [0.2, 0.25) is 0 Å². The highest BCUT2D eigenvalue weighted by molar-refractivity contribution is 5.92. The van der Waals surface area contributed by atoms with Gasteiger partial charge in [-0.05, 0) is 6.92 Å². The molecular formula is C8H13N3O3. The Morgan fingerprint density at radius 1 is 1.64 bits per heavy atom. The van der Waals surface area contributed by atoms with E-state index in [-0.39, 0.29) is 18.0 Å². The first kappa shape index (κ1) is 10.5. The molecule has 0 saturated carbocycles. The van der Waals surface area contributed by atoms with Crippen LogP contribution in [0.1, 0.15) is 17.4 Å². The van der Waals surface area contributed by atoms with Crippen LogP contribution < -0.4 is 5.73 Å². The maximum atomic E-state index is 11.3. The summed E-state index contributed by atoms with van der Waals surface area (Å²) >= 11 is 0. The Morgan fingerprint density at radius 2 is 2.43 bits per heavy atom. The van der Waals surface area contributed by atoms with E-state index in [2.05, 4.69) is 10.2 Å². The van der Waals surface area contributed by atoms with Crippen LogP contribution in [0.5, 0.6) is 0 Å². The van der Waals surface area contributed by atoms with Crippen molar-refractivity contribution < 1.29 is 14.3 Å². The third-order valence-electron chi connectivity index (χ3n) is 1.54. The van der Waals surface area contributed by atoms with Crippen LogP contribution in [0.2, 0.25) is 0 Å². The van der Waals surface area contributed by atoms with Gasteiger partial charge in [0.25, 0.3) is 0 Å². The Hall–Kier alpha value is -1.56. The van der Waals surface area contributed by atoms with Crippen LogP contribution in [0.25, 0.3) is 0 Å². The lowest BCUT2D eigenvalue weighted by molar-refractivity contribution is 0.0330. The smallest absolute Gasteiger partial charge is 0.358 e. The first-order chi connectivity index (χ1) is 6.75. The SMILES string of the molecule is CCOCCOC(=O)c1[nH]ncc1N. The fraction of sp³-hybridized carbons (Fsp3) is 0.500. The van der Waals surface area contributed by atoms with E-state index >= 15 is 0 Å². The fourth-order valence-electron chi connectivity index (χ4n) is 0.869. The molecular weight excluding hydrogens is 186 g/mol. The van der Waals surface area contributed by atoms with E-state index in [1.807, 2.05) is 6.92 Å². The summed E-state index contributed by atoms with van der Waals surface area (Å²) in [6, 6.07) is 0. The maximum Gasteiger partial charge on any atom is 0.358 e. The van der Waals surface area contributed by atoms with Gasteiger partial charge in [-0.2, -0.15) is 5.10 Å². The molecule has 0 aromatic carbocycles. The standard InChI is InChI=1S/C8H13N3O3/c1-2-13-3-4-14-8(12)7-6(9)5-10-11-7/h5H,2-4,9H2,1H3,(H,10,11). The second-order valence-corrected chi connectivity index (χ2v) is 2.53. The van der Waals surface area contributed by atoms with Crippen LogP contribution in [0.4, 0.5) is 5.69 Å². The monoisotopic (exact) mass is 199 g/mol. The molecule has 6 nitrogen and oxygen atoms in total. The van der Waals surface area contributed by atoms with Crippen molar-refractivity contribution in [3.05, 3.63) is 11.9 Å². The number of anilines is 1. The number of nitrogen functional groups attached to an aromatic ring is 1. The summed E-state index contributed by atoms with van der Waals surface area (Å²) in [6.07, 6.45) is 1.36. The third kappa shape index (κ3) is 2.74. The van der Waals surface area contributed by atoms with E-state index < -0.39 is 5.97 Å². The zero-order valence-electron chi connectivity index (χ0n) is 7.95. The Labute approximate surface area is 81.4 Å². The highest BCUT2D eigenvalue weighted by atomic mass is 16.6. The van der Waals surface area contributed by atoms with Crippen molar-refractivity contribution >= 4 is 11.7 Å². The van der Waals surface area contributed by atoms with Gasteiger partial charge < -0.3 is 15.2 Å². The summed E-state index contributed by atoms with van der Waals surface area (Å²) in [4.78, 5) is 11.3. The molecule has 1 heterocycles. The van der Waals surface area contributed by atoms with Crippen molar-refractivity contribution in [2.45, 2.75) is 6.92 Å². The second-order valence-electron chi connectivity index (χ2n) is 2.53.